The smallest absolute Gasteiger partial charge is 0.374 e. The predicted molar refractivity (Wildman–Crippen MR) is 133 cm³/mol. The van der Waals surface area contributed by atoms with Gasteiger partial charge >= 0.3 is 5.97 Å². The SMILES string of the molecule is CCOC(=O)c1cc2cccc(N3CCN(CCc4ccc5c(c4)CCN5C(C)=O)CC3)c2o1. The molecule has 1 aromatic heterocycles. The number of anilines is 2. The van der Waals surface area contributed by atoms with Crippen molar-refractivity contribution in [3.63, 3.8) is 0 Å². The van der Waals surface area contributed by atoms with Crippen LogP contribution in [0.1, 0.15) is 35.5 Å². The van der Waals surface area contributed by atoms with E-state index >= 15 is 0 Å². The van der Waals surface area contributed by atoms with E-state index in [0.717, 1.165) is 74.5 Å². The first-order chi connectivity index (χ1) is 16.5. The number of hydrogen-bond donors (Lipinski definition) is 0. The third-order valence-electron chi connectivity index (χ3n) is 6.85. The molecule has 1 amide bonds. The van der Waals surface area contributed by atoms with E-state index in [1.807, 2.05) is 17.0 Å². The number of furan rings is 1. The molecule has 0 atom stereocenters. The van der Waals surface area contributed by atoms with Crippen molar-refractivity contribution in [3.8, 4) is 0 Å². The number of rotatable bonds is 6. The Morgan fingerprint density at radius 2 is 1.82 bits per heavy atom. The summed E-state index contributed by atoms with van der Waals surface area (Å²) in [4.78, 5) is 30.6. The monoisotopic (exact) mass is 461 g/mol. The Morgan fingerprint density at radius 3 is 2.59 bits per heavy atom. The van der Waals surface area contributed by atoms with Crippen LogP contribution in [0.2, 0.25) is 0 Å². The van der Waals surface area contributed by atoms with Crippen molar-refractivity contribution >= 4 is 34.2 Å². The maximum atomic E-state index is 12.1. The highest BCUT2D eigenvalue weighted by Crippen LogP contribution is 2.31. The highest BCUT2D eigenvalue weighted by atomic mass is 16.5. The lowest BCUT2D eigenvalue weighted by Gasteiger charge is -2.36. The van der Waals surface area contributed by atoms with Crippen LogP contribution in [0.5, 0.6) is 0 Å². The number of hydrogen-bond acceptors (Lipinski definition) is 6. The summed E-state index contributed by atoms with van der Waals surface area (Å²) in [5.41, 5.74) is 5.46. The molecule has 0 aliphatic carbocycles. The number of benzene rings is 2. The van der Waals surface area contributed by atoms with Gasteiger partial charge in [-0.1, -0.05) is 24.3 Å². The minimum Gasteiger partial charge on any atom is -0.460 e. The number of piperazine rings is 1. The Bertz CT molecular complexity index is 1210. The van der Waals surface area contributed by atoms with E-state index in [1.165, 1.54) is 11.1 Å². The van der Waals surface area contributed by atoms with E-state index in [9.17, 15) is 9.59 Å². The summed E-state index contributed by atoms with van der Waals surface area (Å²) in [6.45, 7) is 9.33. The summed E-state index contributed by atoms with van der Waals surface area (Å²) in [6.07, 6.45) is 1.95. The molecular formula is C27H31N3O4. The van der Waals surface area contributed by atoms with Gasteiger partial charge in [0.25, 0.3) is 0 Å². The minimum atomic E-state index is -0.421. The van der Waals surface area contributed by atoms with Gasteiger partial charge in [0.2, 0.25) is 11.7 Å². The zero-order valence-electron chi connectivity index (χ0n) is 19.9. The zero-order valence-corrected chi connectivity index (χ0v) is 19.9. The highest BCUT2D eigenvalue weighted by Gasteiger charge is 2.24. The van der Waals surface area contributed by atoms with Crippen LogP contribution in [0.15, 0.2) is 46.9 Å². The highest BCUT2D eigenvalue weighted by molar-refractivity contribution is 5.97. The van der Waals surface area contributed by atoms with Gasteiger partial charge in [-0.05, 0) is 49.1 Å². The molecule has 0 spiro atoms. The topological polar surface area (TPSA) is 66.2 Å². The van der Waals surface area contributed by atoms with Gasteiger partial charge in [0.1, 0.15) is 0 Å². The first kappa shape index (κ1) is 22.5. The van der Waals surface area contributed by atoms with E-state index in [4.69, 9.17) is 9.15 Å². The first-order valence-corrected chi connectivity index (χ1v) is 12.1. The quantitative estimate of drug-likeness (QED) is 0.519. The number of amides is 1. The van der Waals surface area contributed by atoms with Crippen LogP contribution in [-0.2, 0) is 22.4 Å². The Morgan fingerprint density at radius 1 is 1.00 bits per heavy atom. The number of carbonyl (C=O) groups excluding carboxylic acids is 2. The Hall–Kier alpha value is -3.32. The van der Waals surface area contributed by atoms with Crippen LogP contribution in [0.4, 0.5) is 11.4 Å². The molecule has 178 valence electrons. The minimum absolute atomic E-state index is 0.117. The van der Waals surface area contributed by atoms with Gasteiger partial charge in [-0.25, -0.2) is 4.79 Å². The summed E-state index contributed by atoms with van der Waals surface area (Å²) in [5, 5.41) is 0.919. The van der Waals surface area contributed by atoms with Crippen LogP contribution < -0.4 is 9.80 Å². The molecule has 0 saturated carbocycles. The average molecular weight is 462 g/mol. The Balaban J connectivity index is 1.19. The van der Waals surface area contributed by atoms with Gasteiger partial charge < -0.3 is 19.0 Å². The summed E-state index contributed by atoms with van der Waals surface area (Å²) < 4.78 is 11.0. The van der Waals surface area contributed by atoms with Crippen molar-refractivity contribution in [2.75, 3.05) is 55.7 Å². The van der Waals surface area contributed by atoms with Crippen molar-refractivity contribution in [1.29, 1.82) is 0 Å². The summed E-state index contributed by atoms with van der Waals surface area (Å²) >= 11 is 0. The largest absolute Gasteiger partial charge is 0.460 e. The third-order valence-corrected chi connectivity index (χ3v) is 6.85. The Kier molecular flexibility index (Phi) is 6.28. The second-order valence-corrected chi connectivity index (χ2v) is 8.99. The van der Waals surface area contributed by atoms with E-state index in [2.05, 4.69) is 34.1 Å². The first-order valence-electron chi connectivity index (χ1n) is 12.1. The van der Waals surface area contributed by atoms with E-state index in [0.29, 0.717) is 6.61 Å². The van der Waals surface area contributed by atoms with Crippen molar-refractivity contribution in [2.24, 2.45) is 0 Å². The van der Waals surface area contributed by atoms with Gasteiger partial charge in [0.15, 0.2) is 5.58 Å². The van der Waals surface area contributed by atoms with Gasteiger partial charge in [-0.15, -0.1) is 0 Å². The van der Waals surface area contributed by atoms with Crippen molar-refractivity contribution in [1.82, 2.24) is 4.90 Å². The average Bonchev–Trinajstić information content (AvgIpc) is 3.47. The summed E-state index contributed by atoms with van der Waals surface area (Å²) in [6, 6.07) is 14.3. The van der Waals surface area contributed by atoms with E-state index in [1.54, 1.807) is 19.9 Å². The molecule has 2 aliphatic rings. The molecule has 0 N–H and O–H groups in total. The molecule has 0 radical (unpaired) electrons. The second kappa shape index (κ2) is 9.50. The van der Waals surface area contributed by atoms with Gasteiger partial charge in [-0.2, -0.15) is 0 Å². The van der Waals surface area contributed by atoms with Crippen LogP contribution in [-0.4, -0.2) is 62.7 Å². The molecule has 3 aromatic rings. The molecule has 2 aliphatic heterocycles. The van der Waals surface area contributed by atoms with Crippen LogP contribution in [0, 0.1) is 0 Å². The van der Waals surface area contributed by atoms with Gasteiger partial charge in [0, 0.05) is 57.3 Å². The fraction of sp³-hybridized carbons (Fsp3) is 0.407. The zero-order chi connectivity index (χ0) is 23.7. The molecule has 0 bridgehead atoms. The molecule has 1 saturated heterocycles. The predicted octanol–water partition coefficient (Wildman–Crippen LogP) is 3.88. The lowest BCUT2D eigenvalue weighted by Crippen LogP contribution is -2.47. The fourth-order valence-corrected chi connectivity index (χ4v) is 5.04. The Labute approximate surface area is 199 Å². The maximum Gasteiger partial charge on any atom is 0.374 e. The molecule has 7 nitrogen and oxygen atoms in total. The summed E-state index contributed by atoms with van der Waals surface area (Å²) in [7, 11) is 0. The lowest BCUT2D eigenvalue weighted by molar-refractivity contribution is -0.116. The molecule has 7 heteroatoms. The fourth-order valence-electron chi connectivity index (χ4n) is 5.04. The molecule has 5 rings (SSSR count). The molecule has 1 fully saturated rings. The normalized spacial score (nSPS) is 16.2. The van der Waals surface area contributed by atoms with Crippen molar-refractivity contribution in [2.45, 2.75) is 26.7 Å². The molecule has 2 aromatic carbocycles. The van der Waals surface area contributed by atoms with Gasteiger partial charge in [0.05, 0.1) is 12.3 Å². The lowest BCUT2D eigenvalue weighted by atomic mass is 10.1. The number of fused-ring (bicyclic) bond motifs is 2. The molecule has 0 unspecified atom stereocenters. The number of para-hydroxylation sites is 1. The van der Waals surface area contributed by atoms with Crippen LogP contribution >= 0.6 is 0 Å². The summed E-state index contributed by atoms with van der Waals surface area (Å²) in [5.74, 6) is -0.0505. The maximum absolute atomic E-state index is 12.1. The number of ether oxygens (including phenoxy) is 1. The molecular weight excluding hydrogens is 430 g/mol. The number of esters is 1. The van der Waals surface area contributed by atoms with Crippen LogP contribution in [0.25, 0.3) is 11.0 Å². The number of nitrogens with zero attached hydrogens (tertiary/aromatic N) is 3. The number of carbonyl (C=O) groups is 2. The van der Waals surface area contributed by atoms with Crippen molar-refractivity contribution in [3.05, 3.63) is 59.4 Å². The standard InChI is InChI=1S/C27H31N3O4/c1-3-33-27(32)25-18-22-5-4-6-24(26(22)34-25)29-15-13-28(14-16-29)11-9-20-7-8-23-21(17-20)10-12-30(23)19(2)31/h4-8,17-18H,3,9-16H2,1-2H3. The second-order valence-electron chi connectivity index (χ2n) is 8.99. The third kappa shape index (κ3) is 4.40. The molecule has 34 heavy (non-hydrogen) atoms. The van der Waals surface area contributed by atoms with Crippen molar-refractivity contribution < 1.29 is 18.7 Å². The molecule has 3 heterocycles. The van der Waals surface area contributed by atoms with E-state index < -0.39 is 5.97 Å². The van der Waals surface area contributed by atoms with Crippen LogP contribution in [0.3, 0.4) is 0 Å². The van der Waals surface area contributed by atoms with Gasteiger partial charge in [-0.3, -0.25) is 9.69 Å². The van der Waals surface area contributed by atoms with E-state index in [-0.39, 0.29) is 11.7 Å².